The van der Waals surface area contributed by atoms with Crippen molar-refractivity contribution in [2.24, 2.45) is 0 Å². The lowest BCUT2D eigenvalue weighted by molar-refractivity contribution is 0.343. The second-order valence-electron chi connectivity index (χ2n) is 2.36. The van der Waals surface area contributed by atoms with Gasteiger partial charge in [0.15, 0.2) is 0 Å². The molecule has 0 atom stereocenters. The number of hydrogen-bond acceptors (Lipinski definition) is 2. The molecule has 0 aliphatic heterocycles. The summed E-state index contributed by atoms with van der Waals surface area (Å²) in [6.07, 6.45) is 3.09. The first-order valence-corrected chi connectivity index (χ1v) is 3.56. The van der Waals surface area contributed by atoms with Crippen LogP contribution in [0.3, 0.4) is 0 Å². The predicted molar refractivity (Wildman–Crippen MR) is 46.9 cm³/mol. The van der Waals surface area contributed by atoms with Crippen molar-refractivity contribution in [3.8, 4) is 0 Å². The molecule has 3 N–H and O–H groups in total. The summed E-state index contributed by atoms with van der Waals surface area (Å²) in [5.41, 5.74) is 6.62. The lowest BCUT2D eigenvalue weighted by atomic mass is 10.1. The van der Waals surface area contributed by atoms with Crippen LogP contribution in [0.25, 0.3) is 6.08 Å². The van der Waals surface area contributed by atoms with Crippen LogP contribution in [-0.4, -0.2) is 11.7 Å². The Morgan fingerprint density at radius 2 is 2.25 bits per heavy atom. The van der Waals surface area contributed by atoms with Gasteiger partial charge in [-0.25, -0.2) is 4.39 Å². The van der Waals surface area contributed by atoms with Crippen molar-refractivity contribution in [3.63, 3.8) is 0 Å². The fourth-order valence-corrected chi connectivity index (χ4v) is 0.870. The van der Waals surface area contributed by atoms with Gasteiger partial charge in [-0.3, -0.25) is 0 Å². The van der Waals surface area contributed by atoms with Crippen molar-refractivity contribution >= 4 is 11.8 Å². The SMILES string of the molecule is Nc1ccc(F)cc1C=CCO. The van der Waals surface area contributed by atoms with E-state index in [0.29, 0.717) is 11.3 Å². The van der Waals surface area contributed by atoms with Crippen LogP contribution in [0.15, 0.2) is 24.3 Å². The summed E-state index contributed by atoms with van der Waals surface area (Å²) in [6.45, 7) is -0.0735. The summed E-state index contributed by atoms with van der Waals surface area (Å²) < 4.78 is 12.6. The topological polar surface area (TPSA) is 46.2 Å². The molecule has 0 aliphatic rings. The normalized spacial score (nSPS) is 10.8. The number of halogens is 1. The highest BCUT2D eigenvalue weighted by atomic mass is 19.1. The van der Waals surface area contributed by atoms with Crippen molar-refractivity contribution in [1.82, 2.24) is 0 Å². The van der Waals surface area contributed by atoms with Gasteiger partial charge in [0.05, 0.1) is 6.61 Å². The van der Waals surface area contributed by atoms with Gasteiger partial charge in [-0.1, -0.05) is 12.2 Å². The summed E-state index contributed by atoms with van der Waals surface area (Å²) in [5.74, 6) is -0.332. The molecule has 0 amide bonds. The Hall–Kier alpha value is -1.35. The zero-order valence-electron chi connectivity index (χ0n) is 6.50. The third-order valence-electron chi connectivity index (χ3n) is 1.45. The number of anilines is 1. The van der Waals surface area contributed by atoms with Crippen LogP contribution in [0.5, 0.6) is 0 Å². The Morgan fingerprint density at radius 1 is 1.50 bits per heavy atom. The molecule has 0 aromatic heterocycles. The zero-order chi connectivity index (χ0) is 8.97. The molecule has 0 saturated carbocycles. The first-order chi connectivity index (χ1) is 5.74. The van der Waals surface area contributed by atoms with E-state index in [4.69, 9.17) is 10.8 Å². The number of nitrogen functional groups attached to an aromatic ring is 1. The lowest BCUT2D eigenvalue weighted by Gasteiger charge is -1.98. The summed E-state index contributed by atoms with van der Waals surface area (Å²) in [6, 6.07) is 4.11. The van der Waals surface area contributed by atoms with E-state index in [9.17, 15) is 4.39 Å². The highest BCUT2D eigenvalue weighted by Crippen LogP contribution is 2.14. The summed E-state index contributed by atoms with van der Waals surface area (Å²) in [4.78, 5) is 0. The lowest BCUT2D eigenvalue weighted by Crippen LogP contribution is -1.90. The van der Waals surface area contributed by atoms with E-state index >= 15 is 0 Å². The van der Waals surface area contributed by atoms with E-state index in [-0.39, 0.29) is 12.4 Å². The van der Waals surface area contributed by atoms with Gasteiger partial charge in [-0.2, -0.15) is 0 Å². The number of rotatable bonds is 2. The van der Waals surface area contributed by atoms with E-state index in [2.05, 4.69) is 0 Å². The second-order valence-corrected chi connectivity index (χ2v) is 2.36. The number of aliphatic hydroxyl groups is 1. The largest absolute Gasteiger partial charge is 0.398 e. The molecule has 0 unspecified atom stereocenters. The first kappa shape index (κ1) is 8.74. The van der Waals surface area contributed by atoms with E-state index in [1.54, 1.807) is 6.08 Å². The number of nitrogens with two attached hydrogens (primary N) is 1. The van der Waals surface area contributed by atoms with E-state index < -0.39 is 0 Å². The molecule has 0 spiro atoms. The first-order valence-electron chi connectivity index (χ1n) is 3.56. The Balaban J connectivity index is 2.97. The van der Waals surface area contributed by atoms with Crippen LogP contribution in [-0.2, 0) is 0 Å². The maximum absolute atomic E-state index is 12.6. The summed E-state index contributed by atoms with van der Waals surface area (Å²) >= 11 is 0. The Bertz CT molecular complexity index is 297. The average Bonchev–Trinajstić information content (AvgIpc) is 2.07. The van der Waals surface area contributed by atoms with Crippen LogP contribution in [0.4, 0.5) is 10.1 Å². The van der Waals surface area contributed by atoms with Gasteiger partial charge in [0.1, 0.15) is 5.82 Å². The molecule has 64 valence electrons. The van der Waals surface area contributed by atoms with E-state index in [1.807, 2.05) is 0 Å². The van der Waals surface area contributed by atoms with Crippen LogP contribution >= 0.6 is 0 Å². The molecule has 0 radical (unpaired) electrons. The summed E-state index contributed by atoms with van der Waals surface area (Å²) in [5, 5.41) is 8.47. The zero-order valence-corrected chi connectivity index (χ0v) is 6.50. The van der Waals surface area contributed by atoms with Crippen LogP contribution in [0.2, 0.25) is 0 Å². The van der Waals surface area contributed by atoms with Gasteiger partial charge in [0.25, 0.3) is 0 Å². The van der Waals surface area contributed by atoms with Gasteiger partial charge in [0.2, 0.25) is 0 Å². The van der Waals surface area contributed by atoms with Gasteiger partial charge in [-0.05, 0) is 18.2 Å². The second kappa shape index (κ2) is 3.88. The minimum Gasteiger partial charge on any atom is -0.398 e. The van der Waals surface area contributed by atoms with Crippen molar-refractivity contribution < 1.29 is 9.50 Å². The van der Waals surface area contributed by atoms with Crippen molar-refractivity contribution in [1.29, 1.82) is 0 Å². The van der Waals surface area contributed by atoms with E-state index in [0.717, 1.165) is 0 Å². The molecule has 1 aromatic rings. The monoisotopic (exact) mass is 167 g/mol. The molecular weight excluding hydrogens is 157 g/mol. The fourth-order valence-electron chi connectivity index (χ4n) is 0.870. The Morgan fingerprint density at radius 3 is 2.92 bits per heavy atom. The maximum atomic E-state index is 12.6. The van der Waals surface area contributed by atoms with Crippen molar-refractivity contribution in [2.45, 2.75) is 0 Å². The average molecular weight is 167 g/mol. The van der Waals surface area contributed by atoms with Crippen molar-refractivity contribution in [2.75, 3.05) is 12.3 Å². The van der Waals surface area contributed by atoms with Crippen LogP contribution < -0.4 is 5.73 Å². The standard InChI is InChI=1S/C9H10FNO/c10-8-3-4-9(11)7(6-8)2-1-5-12/h1-4,6,12H,5,11H2. The van der Waals surface area contributed by atoms with Crippen molar-refractivity contribution in [3.05, 3.63) is 35.7 Å². The minimum atomic E-state index is -0.332. The van der Waals surface area contributed by atoms with Crippen LogP contribution in [0, 0.1) is 5.82 Å². The Kier molecular flexibility index (Phi) is 2.82. The maximum Gasteiger partial charge on any atom is 0.123 e. The molecule has 0 saturated heterocycles. The molecule has 0 fully saturated rings. The molecule has 1 aromatic carbocycles. The molecular formula is C9H10FNO. The fraction of sp³-hybridized carbons (Fsp3) is 0.111. The van der Waals surface area contributed by atoms with Crippen LogP contribution in [0.1, 0.15) is 5.56 Å². The highest BCUT2D eigenvalue weighted by Gasteiger charge is 1.95. The molecule has 3 heteroatoms. The van der Waals surface area contributed by atoms with Gasteiger partial charge in [-0.15, -0.1) is 0 Å². The number of hydrogen-bond donors (Lipinski definition) is 2. The van der Waals surface area contributed by atoms with E-state index in [1.165, 1.54) is 24.3 Å². The van der Waals surface area contributed by atoms with Gasteiger partial charge < -0.3 is 10.8 Å². The quantitative estimate of drug-likeness (QED) is 0.654. The molecule has 1 rings (SSSR count). The highest BCUT2D eigenvalue weighted by molar-refractivity contribution is 5.64. The Labute approximate surface area is 70.1 Å². The predicted octanol–water partition coefficient (Wildman–Crippen LogP) is 1.41. The van der Waals surface area contributed by atoms with Gasteiger partial charge >= 0.3 is 0 Å². The van der Waals surface area contributed by atoms with Gasteiger partial charge in [0, 0.05) is 11.3 Å². The minimum absolute atomic E-state index is 0.0735. The smallest absolute Gasteiger partial charge is 0.123 e. The molecule has 0 heterocycles. The molecule has 0 aliphatic carbocycles. The molecule has 2 nitrogen and oxygen atoms in total. The number of benzene rings is 1. The summed E-state index contributed by atoms with van der Waals surface area (Å²) in [7, 11) is 0. The molecule has 12 heavy (non-hydrogen) atoms. The number of aliphatic hydroxyl groups excluding tert-OH is 1. The third kappa shape index (κ3) is 2.07. The molecule has 0 bridgehead atoms. The third-order valence-corrected chi connectivity index (χ3v) is 1.45.